The maximum absolute atomic E-state index is 12.9. The number of hydrogen-bond acceptors (Lipinski definition) is 4. The summed E-state index contributed by atoms with van der Waals surface area (Å²) < 4.78 is 0. The zero-order valence-corrected chi connectivity index (χ0v) is 14.9. The van der Waals surface area contributed by atoms with Crippen molar-refractivity contribution in [2.24, 2.45) is 35.5 Å². The van der Waals surface area contributed by atoms with Gasteiger partial charge in [0.05, 0.1) is 11.8 Å². The van der Waals surface area contributed by atoms with Crippen LogP contribution in [0.15, 0.2) is 36.4 Å². The van der Waals surface area contributed by atoms with Crippen LogP contribution in [0.1, 0.15) is 23.7 Å². The summed E-state index contributed by atoms with van der Waals surface area (Å²) in [6.07, 6.45) is 5.35. The van der Waals surface area contributed by atoms with Crippen molar-refractivity contribution in [1.82, 2.24) is 4.90 Å². The van der Waals surface area contributed by atoms with Gasteiger partial charge < -0.3 is 5.32 Å². The second-order valence-electron chi connectivity index (χ2n) is 8.10. The van der Waals surface area contributed by atoms with Crippen molar-refractivity contribution in [2.75, 3.05) is 11.9 Å². The SMILES string of the molecule is CC(=O)c1ccc(NC(=O)CN2C(=O)[C@H]3[C@@H]4C=C[C@@H]([C@H]5C[C@H]45)[C@@H]3C2=O)cc1. The number of benzene rings is 1. The number of Topliss-reactive ketones (excluding diaryl/α,β-unsaturated/α-hetero) is 1. The van der Waals surface area contributed by atoms with Crippen LogP contribution in [-0.4, -0.2) is 34.9 Å². The first-order valence-electron chi connectivity index (χ1n) is 9.40. The highest BCUT2D eigenvalue weighted by atomic mass is 16.2. The third kappa shape index (κ3) is 2.39. The van der Waals surface area contributed by atoms with Crippen LogP contribution < -0.4 is 5.32 Å². The lowest BCUT2D eigenvalue weighted by molar-refractivity contribution is -0.142. The summed E-state index contributed by atoms with van der Waals surface area (Å²) in [6, 6.07) is 6.54. The summed E-state index contributed by atoms with van der Waals surface area (Å²) in [6.45, 7) is 1.22. The smallest absolute Gasteiger partial charge is 0.244 e. The molecule has 2 bridgehead atoms. The van der Waals surface area contributed by atoms with E-state index in [0.29, 0.717) is 23.1 Å². The summed E-state index contributed by atoms with van der Waals surface area (Å²) in [5, 5.41) is 2.70. The molecule has 6 atom stereocenters. The van der Waals surface area contributed by atoms with Crippen LogP contribution in [0.4, 0.5) is 5.69 Å². The summed E-state index contributed by atoms with van der Waals surface area (Å²) >= 11 is 0. The van der Waals surface area contributed by atoms with Crippen LogP contribution in [0.3, 0.4) is 0 Å². The molecule has 0 unspecified atom stereocenters. The van der Waals surface area contributed by atoms with Crippen molar-refractivity contribution >= 4 is 29.2 Å². The lowest BCUT2D eigenvalue weighted by atomic mass is 9.63. The molecule has 1 aromatic carbocycles. The van der Waals surface area contributed by atoms with Crippen molar-refractivity contribution in [3.05, 3.63) is 42.0 Å². The Morgan fingerprint density at radius 2 is 1.56 bits per heavy atom. The molecule has 3 amide bonds. The van der Waals surface area contributed by atoms with Crippen molar-refractivity contribution in [3.63, 3.8) is 0 Å². The van der Waals surface area contributed by atoms with Crippen LogP contribution in [0.25, 0.3) is 0 Å². The van der Waals surface area contributed by atoms with Gasteiger partial charge in [-0.25, -0.2) is 0 Å². The number of imide groups is 1. The molecule has 1 aromatic rings. The lowest BCUT2D eigenvalue weighted by Crippen LogP contribution is -2.40. The Morgan fingerprint density at radius 3 is 2.07 bits per heavy atom. The van der Waals surface area contributed by atoms with Crippen LogP contribution in [0, 0.1) is 35.5 Å². The average molecular weight is 364 g/mol. The number of ketones is 1. The maximum atomic E-state index is 12.9. The topological polar surface area (TPSA) is 83.6 Å². The molecule has 6 nitrogen and oxygen atoms in total. The molecule has 1 N–H and O–H groups in total. The third-order valence-corrected chi connectivity index (χ3v) is 6.63. The average Bonchev–Trinajstić information content (AvgIpc) is 3.43. The molecule has 138 valence electrons. The first kappa shape index (κ1) is 16.4. The van der Waals surface area contributed by atoms with Gasteiger partial charge in [-0.05, 0) is 61.3 Å². The fraction of sp³-hybridized carbons (Fsp3) is 0.429. The quantitative estimate of drug-likeness (QED) is 0.502. The summed E-state index contributed by atoms with van der Waals surface area (Å²) in [5.74, 6) is 0.00757. The Balaban J connectivity index is 1.29. The molecule has 6 rings (SSSR count). The van der Waals surface area contributed by atoms with Crippen LogP contribution in [0.2, 0.25) is 0 Å². The van der Waals surface area contributed by atoms with Gasteiger partial charge in [-0.1, -0.05) is 12.2 Å². The van der Waals surface area contributed by atoms with Gasteiger partial charge in [0.1, 0.15) is 6.54 Å². The predicted molar refractivity (Wildman–Crippen MR) is 96.5 cm³/mol. The number of amides is 3. The zero-order chi connectivity index (χ0) is 18.9. The van der Waals surface area contributed by atoms with Crippen molar-refractivity contribution in [2.45, 2.75) is 13.3 Å². The molecule has 0 spiro atoms. The highest BCUT2D eigenvalue weighted by molar-refractivity contribution is 6.09. The predicted octanol–water partition coefficient (Wildman–Crippen LogP) is 1.88. The monoisotopic (exact) mass is 364 g/mol. The molecular weight excluding hydrogens is 344 g/mol. The number of rotatable bonds is 4. The zero-order valence-electron chi connectivity index (χ0n) is 14.9. The molecule has 1 heterocycles. The number of nitrogens with zero attached hydrogens (tertiary/aromatic N) is 1. The molecule has 1 aliphatic heterocycles. The van der Waals surface area contributed by atoms with E-state index in [1.807, 2.05) is 0 Å². The molecular formula is C21H20N2O4. The number of carbonyl (C=O) groups is 4. The van der Waals surface area contributed by atoms with Crippen molar-refractivity contribution in [1.29, 1.82) is 0 Å². The first-order valence-corrected chi connectivity index (χ1v) is 9.40. The Morgan fingerprint density at radius 1 is 1.00 bits per heavy atom. The van der Waals surface area contributed by atoms with E-state index in [-0.39, 0.29) is 47.8 Å². The van der Waals surface area contributed by atoms with Crippen molar-refractivity contribution < 1.29 is 19.2 Å². The number of nitrogens with one attached hydrogen (secondary N) is 1. The number of likely N-dealkylation sites (tertiary alicyclic amines) is 1. The standard InChI is InChI=1S/C21H20N2O4/c1-10(24)11-2-4-12(5-3-11)22-17(25)9-23-20(26)18-13-6-7-14(16-8-15(13)16)19(18)21(23)27/h2-7,13-16,18-19H,8-9H2,1H3,(H,22,25)/t13-,14+,15-,16-,18+,19+/m1/s1. The normalized spacial score (nSPS) is 35.1. The van der Waals surface area contributed by atoms with Gasteiger partial charge in [0.25, 0.3) is 0 Å². The van der Waals surface area contributed by atoms with E-state index in [1.54, 1.807) is 24.3 Å². The minimum Gasteiger partial charge on any atom is -0.325 e. The summed E-state index contributed by atoms with van der Waals surface area (Å²) in [7, 11) is 0. The second-order valence-corrected chi connectivity index (χ2v) is 8.10. The molecule has 0 aromatic heterocycles. The van der Waals surface area contributed by atoms with E-state index in [0.717, 1.165) is 11.3 Å². The fourth-order valence-electron chi connectivity index (χ4n) is 5.31. The fourth-order valence-corrected chi connectivity index (χ4v) is 5.31. The molecule has 27 heavy (non-hydrogen) atoms. The van der Waals surface area contributed by atoms with Gasteiger partial charge in [-0.2, -0.15) is 0 Å². The van der Waals surface area contributed by atoms with Gasteiger partial charge in [0.2, 0.25) is 17.7 Å². The minimum atomic E-state index is -0.406. The molecule has 1 saturated heterocycles. The number of allylic oxidation sites excluding steroid dienone is 2. The largest absolute Gasteiger partial charge is 0.325 e. The van der Waals surface area contributed by atoms with Crippen LogP contribution in [-0.2, 0) is 14.4 Å². The Bertz CT molecular complexity index is 867. The van der Waals surface area contributed by atoms with Gasteiger partial charge in [-0.3, -0.25) is 24.1 Å². The maximum Gasteiger partial charge on any atom is 0.244 e. The van der Waals surface area contributed by atoms with Gasteiger partial charge in [0, 0.05) is 11.3 Å². The van der Waals surface area contributed by atoms with E-state index in [4.69, 9.17) is 0 Å². The molecule has 2 saturated carbocycles. The highest BCUT2D eigenvalue weighted by Crippen LogP contribution is 2.65. The minimum absolute atomic E-state index is 0.0509. The summed E-state index contributed by atoms with van der Waals surface area (Å²) in [4.78, 5) is 50.6. The van der Waals surface area contributed by atoms with Crippen LogP contribution in [0.5, 0.6) is 0 Å². The molecule has 4 aliphatic carbocycles. The number of carbonyl (C=O) groups excluding carboxylic acids is 4. The van der Waals surface area contributed by atoms with Gasteiger partial charge in [0.15, 0.2) is 5.78 Å². The Kier molecular flexibility index (Phi) is 3.41. The van der Waals surface area contributed by atoms with E-state index >= 15 is 0 Å². The first-order chi connectivity index (χ1) is 13.0. The second kappa shape index (κ2) is 5.62. The number of anilines is 1. The Hall–Kier alpha value is -2.76. The van der Waals surface area contributed by atoms with Gasteiger partial charge in [-0.15, -0.1) is 0 Å². The molecule has 5 aliphatic rings. The molecule has 0 radical (unpaired) electrons. The van der Waals surface area contributed by atoms with E-state index < -0.39 is 5.91 Å². The van der Waals surface area contributed by atoms with E-state index in [2.05, 4.69) is 17.5 Å². The summed E-state index contributed by atoms with van der Waals surface area (Å²) in [5.41, 5.74) is 1.09. The lowest BCUT2D eigenvalue weighted by Gasteiger charge is -2.37. The van der Waals surface area contributed by atoms with E-state index in [1.165, 1.54) is 6.92 Å². The molecule has 6 heteroatoms. The van der Waals surface area contributed by atoms with Crippen molar-refractivity contribution in [3.8, 4) is 0 Å². The Labute approximate surface area is 156 Å². The van der Waals surface area contributed by atoms with Crippen LogP contribution >= 0.6 is 0 Å². The van der Waals surface area contributed by atoms with Gasteiger partial charge >= 0.3 is 0 Å². The highest BCUT2D eigenvalue weighted by Gasteiger charge is 2.67. The van der Waals surface area contributed by atoms with E-state index in [9.17, 15) is 19.2 Å². The molecule has 3 fully saturated rings. The third-order valence-electron chi connectivity index (χ3n) is 6.63. The number of hydrogen-bond donors (Lipinski definition) is 1.